The summed E-state index contributed by atoms with van der Waals surface area (Å²) in [6.07, 6.45) is 3.96. The van der Waals surface area contributed by atoms with Gasteiger partial charge in [0.05, 0.1) is 0 Å². The summed E-state index contributed by atoms with van der Waals surface area (Å²) < 4.78 is 17.4. The molecule has 8 heteroatoms. The Morgan fingerprint density at radius 3 is 2.39 bits per heavy atom. The fourth-order valence-corrected chi connectivity index (χ4v) is 4.31. The van der Waals surface area contributed by atoms with E-state index in [1.54, 1.807) is 29.6 Å². The number of carbonyl (C=O) groups excluding carboxylic acids is 2. The molecule has 3 aromatic rings. The molecule has 2 aromatic carbocycles. The molecule has 0 aliphatic heterocycles. The van der Waals surface area contributed by atoms with Crippen molar-refractivity contribution in [3.63, 3.8) is 0 Å². The molecule has 0 radical (unpaired) electrons. The van der Waals surface area contributed by atoms with Crippen LogP contribution in [0.1, 0.15) is 53.3 Å². The van der Waals surface area contributed by atoms with Crippen molar-refractivity contribution in [3.05, 3.63) is 76.5 Å². The van der Waals surface area contributed by atoms with E-state index in [1.165, 1.54) is 17.0 Å². The van der Waals surface area contributed by atoms with Crippen molar-refractivity contribution in [1.29, 1.82) is 0 Å². The lowest BCUT2D eigenvalue weighted by atomic mass is 10.0. The summed E-state index contributed by atoms with van der Waals surface area (Å²) in [5.74, 6) is -1.14. The van der Waals surface area contributed by atoms with E-state index in [1.807, 2.05) is 19.1 Å². The minimum absolute atomic E-state index is 0.0753. The summed E-state index contributed by atoms with van der Waals surface area (Å²) in [5, 5.41) is 8.57. The highest BCUT2D eigenvalue weighted by atomic mass is 32.1. The lowest BCUT2D eigenvalue weighted by Crippen LogP contribution is -2.46. The molecule has 1 atom stereocenters. The van der Waals surface area contributed by atoms with Crippen molar-refractivity contribution in [2.45, 2.75) is 44.7 Å². The SMILES string of the molecule is Cc1ccc(N(C(=O)c2csnn2)[C@H](C(=O)NC2CCCC2)c2ccc(F)cc2)cc1. The Bertz CT molecular complexity index is 1030. The van der Waals surface area contributed by atoms with E-state index in [2.05, 4.69) is 14.9 Å². The lowest BCUT2D eigenvalue weighted by Gasteiger charge is -2.32. The molecule has 31 heavy (non-hydrogen) atoms. The number of anilines is 1. The van der Waals surface area contributed by atoms with Gasteiger partial charge in [0.25, 0.3) is 5.91 Å². The average molecular weight is 439 g/mol. The second-order valence-corrected chi connectivity index (χ2v) is 8.35. The Morgan fingerprint density at radius 2 is 1.77 bits per heavy atom. The molecule has 1 heterocycles. The topological polar surface area (TPSA) is 75.2 Å². The number of nitrogens with zero attached hydrogens (tertiary/aromatic N) is 3. The molecule has 2 amide bonds. The van der Waals surface area contributed by atoms with Gasteiger partial charge in [0.2, 0.25) is 5.91 Å². The molecule has 0 unspecified atom stereocenters. The summed E-state index contributed by atoms with van der Waals surface area (Å²) in [6, 6.07) is 12.1. The van der Waals surface area contributed by atoms with Crippen LogP contribution in [0.4, 0.5) is 10.1 Å². The van der Waals surface area contributed by atoms with E-state index in [0.717, 1.165) is 42.8 Å². The highest BCUT2D eigenvalue weighted by Gasteiger charge is 2.35. The predicted molar refractivity (Wildman–Crippen MR) is 117 cm³/mol. The van der Waals surface area contributed by atoms with Gasteiger partial charge in [-0.05, 0) is 61.1 Å². The van der Waals surface area contributed by atoms with E-state index in [0.29, 0.717) is 11.3 Å². The molecule has 0 saturated heterocycles. The molecule has 1 aliphatic carbocycles. The molecule has 0 bridgehead atoms. The molecule has 1 N–H and O–H groups in total. The summed E-state index contributed by atoms with van der Waals surface area (Å²) in [6.45, 7) is 1.95. The number of halogens is 1. The average Bonchev–Trinajstić information content (AvgIpc) is 3.47. The molecule has 160 valence electrons. The molecule has 4 rings (SSSR count). The van der Waals surface area contributed by atoms with Crippen LogP contribution in [0, 0.1) is 12.7 Å². The Kier molecular flexibility index (Phi) is 6.36. The van der Waals surface area contributed by atoms with Crippen LogP contribution in [0.3, 0.4) is 0 Å². The Hall–Kier alpha value is -3.13. The number of hydrogen-bond acceptors (Lipinski definition) is 5. The van der Waals surface area contributed by atoms with E-state index >= 15 is 0 Å². The third-order valence-electron chi connectivity index (χ3n) is 5.50. The van der Waals surface area contributed by atoms with Gasteiger partial charge < -0.3 is 5.32 Å². The van der Waals surface area contributed by atoms with Crippen LogP contribution >= 0.6 is 11.5 Å². The van der Waals surface area contributed by atoms with Crippen molar-refractivity contribution in [2.75, 3.05) is 4.90 Å². The number of benzene rings is 2. The zero-order valence-electron chi connectivity index (χ0n) is 17.1. The standard InChI is InChI=1S/C23H23FN4O2S/c1-15-6-12-19(13-7-15)28(23(30)20-14-31-27-26-20)21(16-8-10-17(24)11-9-16)22(29)25-18-4-2-3-5-18/h6-14,18,21H,2-5H2,1H3,(H,25,29)/t21-/m0/s1. The number of aromatic nitrogens is 2. The van der Waals surface area contributed by atoms with Gasteiger partial charge in [-0.3, -0.25) is 14.5 Å². The maximum Gasteiger partial charge on any atom is 0.280 e. The smallest absolute Gasteiger partial charge is 0.280 e. The zero-order valence-corrected chi connectivity index (χ0v) is 17.9. The first-order chi connectivity index (χ1) is 15.0. The minimum atomic E-state index is -0.974. The van der Waals surface area contributed by atoms with Gasteiger partial charge in [0, 0.05) is 17.1 Å². The molecule has 1 saturated carbocycles. The molecule has 1 aliphatic rings. The third-order valence-corrected chi connectivity index (χ3v) is 6.01. The summed E-state index contributed by atoms with van der Waals surface area (Å²) in [4.78, 5) is 28.4. The fourth-order valence-electron chi connectivity index (χ4n) is 3.88. The molecular weight excluding hydrogens is 415 g/mol. The van der Waals surface area contributed by atoms with Crippen LogP contribution in [0.15, 0.2) is 53.9 Å². The zero-order chi connectivity index (χ0) is 21.8. The minimum Gasteiger partial charge on any atom is -0.351 e. The monoisotopic (exact) mass is 438 g/mol. The van der Waals surface area contributed by atoms with Crippen LogP contribution in [-0.2, 0) is 4.79 Å². The number of aryl methyl sites for hydroxylation is 1. The molecular formula is C23H23FN4O2S. The number of carbonyl (C=O) groups is 2. The van der Waals surface area contributed by atoms with Gasteiger partial charge in [-0.2, -0.15) is 0 Å². The first kappa shape index (κ1) is 21.1. The van der Waals surface area contributed by atoms with Crippen LogP contribution in [0.5, 0.6) is 0 Å². The largest absolute Gasteiger partial charge is 0.351 e. The quantitative estimate of drug-likeness (QED) is 0.618. The van der Waals surface area contributed by atoms with E-state index in [-0.39, 0.29) is 17.6 Å². The van der Waals surface area contributed by atoms with Crippen molar-refractivity contribution in [3.8, 4) is 0 Å². The number of amides is 2. The summed E-state index contributed by atoms with van der Waals surface area (Å²) in [7, 11) is 0. The van der Waals surface area contributed by atoms with Gasteiger partial charge >= 0.3 is 0 Å². The first-order valence-electron chi connectivity index (χ1n) is 10.3. The second kappa shape index (κ2) is 9.34. The van der Waals surface area contributed by atoms with Gasteiger partial charge in [0.1, 0.15) is 11.9 Å². The predicted octanol–water partition coefficient (Wildman–Crippen LogP) is 4.43. The van der Waals surface area contributed by atoms with E-state index in [9.17, 15) is 14.0 Å². The van der Waals surface area contributed by atoms with E-state index < -0.39 is 17.8 Å². The van der Waals surface area contributed by atoms with Crippen LogP contribution in [0.25, 0.3) is 0 Å². The van der Waals surface area contributed by atoms with Crippen LogP contribution in [0.2, 0.25) is 0 Å². The summed E-state index contributed by atoms with van der Waals surface area (Å²) in [5.41, 5.74) is 2.26. The Labute approximate surface area is 184 Å². The van der Waals surface area contributed by atoms with Gasteiger partial charge in [-0.15, -0.1) is 5.10 Å². The van der Waals surface area contributed by atoms with Gasteiger partial charge in [-0.25, -0.2) is 4.39 Å². The maximum atomic E-state index is 13.6. The van der Waals surface area contributed by atoms with Crippen LogP contribution < -0.4 is 10.2 Å². The molecule has 0 spiro atoms. The fraction of sp³-hybridized carbons (Fsp3) is 0.304. The van der Waals surface area contributed by atoms with Crippen LogP contribution in [-0.4, -0.2) is 27.4 Å². The van der Waals surface area contributed by atoms with Crippen molar-refractivity contribution >= 4 is 29.0 Å². The maximum absolute atomic E-state index is 13.6. The lowest BCUT2D eigenvalue weighted by molar-refractivity contribution is -0.123. The normalized spacial score (nSPS) is 14.9. The molecule has 1 aromatic heterocycles. The van der Waals surface area contributed by atoms with E-state index in [4.69, 9.17) is 0 Å². The summed E-state index contributed by atoms with van der Waals surface area (Å²) >= 11 is 1.07. The Balaban J connectivity index is 1.79. The van der Waals surface area contributed by atoms with Gasteiger partial charge in [-0.1, -0.05) is 47.2 Å². The number of rotatable bonds is 6. The van der Waals surface area contributed by atoms with Gasteiger partial charge in [0.15, 0.2) is 5.69 Å². The third kappa shape index (κ3) is 4.80. The van der Waals surface area contributed by atoms with Crippen molar-refractivity contribution in [2.24, 2.45) is 0 Å². The first-order valence-corrected chi connectivity index (χ1v) is 11.1. The number of hydrogen-bond donors (Lipinski definition) is 1. The highest BCUT2D eigenvalue weighted by molar-refractivity contribution is 7.03. The van der Waals surface area contributed by atoms with Crippen molar-refractivity contribution in [1.82, 2.24) is 14.9 Å². The highest BCUT2D eigenvalue weighted by Crippen LogP contribution is 2.31. The molecule has 1 fully saturated rings. The second-order valence-electron chi connectivity index (χ2n) is 7.74. The Morgan fingerprint density at radius 1 is 1.10 bits per heavy atom. The molecule has 6 nitrogen and oxygen atoms in total. The number of nitrogens with one attached hydrogen (secondary N) is 1. The van der Waals surface area contributed by atoms with Crippen molar-refractivity contribution < 1.29 is 14.0 Å².